The first-order valence-corrected chi connectivity index (χ1v) is 7.65. The summed E-state index contributed by atoms with van der Waals surface area (Å²) in [6, 6.07) is -1.02. The zero-order valence-corrected chi connectivity index (χ0v) is 13.8. The lowest BCUT2D eigenvalue weighted by molar-refractivity contribution is -0.142. The van der Waals surface area contributed by atoms with E-state index >= 15 is 0 Å². The molecule has 2 amide bonds. The van der Waals surface area contributed by atoms with Gasteiger partial charge in [-0.25, -0.2) is 9.59 Å². The minimum atomic E-state index is -0.990. The third-order valence-electron chi connectivity index (χ3n) is 4.01. The van der Waals surface area contributed by atoms with Gasteiger partial charge in [-0.1, -0.05) is 27.7 Å². The van der Waals surface area contributed by atoms with Crippen molar-refractivity contribution >= 4 is 12.0 Å². The molecule has 2 unspecified atom stereocenters. The van der Waals surface area contributed by atoms with Crippen molar-refractivity contribution in [2.45, 2.75) is 52.6 Å². The van der Waals surface area contributed by atoms with Gasteiger partial charge in [-0.2, -0.15) is 0 Å². The zero-order valence-electron chi connectivity index (χ0n) is 13.8. The van der Waals surface area contributed by atoms with E-state index in [0.717, 1.165) is 25.9 Å². The number of nitrogens with zero attached hydrogens (tertiary/aromatic N) is 2. The second-order valence-corrected chi connectivity index (χ2v) is 6.96. The molecular formula is C15H29N3O3. The first-order valence-electron chi connectivity index (χ1n) is 7.65. The average Bonchev–Trinajstić information content (AvgIpc) is 2.55. The SMILES string of the molecule is CCC1CN(C)CCCN1C(=O)NC(C(=O)O)C(C)(C)C. The highest BCUT2D eigenvalue weighted by molar-refractivity contribution is 5.83. The summed E-state index contributed by atoms with van der Waals surface area (Å²) in [7, 11) is 2.05. The first-order chi connectivity index (χ1) is 9.66. The van der Waals surface area contributed by atoms with Gasteiger partial charge in [0.05, 0.1) is 0 Å². The summed E-state index contributed by atoms with van der Waals surface area (Å²) in [5.74, 6) is -0.990. The van der Waals surface area contributed by atoms with Gasteiger partial charge in [0.15, 0.2) is 0 Å². The van der Waals surface area contributed by atoms with Gasteiger partial charge in [-0.3, -0.25) is 0 Å². The van der Waals surface area contributed by atoms with Crippen molar-refractivity contribution in [2.24, 2.45) is 5.41 Å². The highest BCUT2D eigenvalue weighted by Gasteiger charge is 2.35. The lowest BCUT2D eigenvalue weighted by Crippen LogP contribution is -2.56. The Morgan fingerprint density at radius 2 is 1.95 bits per heavy atom. The van der Waals surface area contributed by atoms with E-state index in [0.29, 0.717) is 6.54 Å². The number of urea groups is 1. The molecule has 0 bridgehead atoms. The van der Waals surface area contributed by atoms with Gasteiger partial charge in [-0.15, -0.1) is 0 Å². The molecule has 1 aliphatic heterocycles. The molecule has 122 valence electrons. The van der Waals surface area contributed by atoms with E-state index in [9.17, 15) is 14.7 Å². The Morgan fingerprint density at radius 3 is 2.43 bits per heavy atom. The topological polar surface area (TPSA) is 72.9 Å². The molecule has 6 heteroatoms. The van der Waals surface area contributed by atoms with Crippen LogP contribution in [-0.2, 0) is 4.79 Å². The Balaban J connectivity index is 2.82. The lowest BCUT2D eigenvalue weighted by Gasteiger charge is -2.34. The van der Waals surface area contributed by atoms with E-state index in [2.05, 4.69) is 24.2 Å². The van der Waals surface area contributed by atoms with E-state index in [-0.39, 0.29) is 12.1 Å². The maximum atomic E-state index is 12.5. The van der Waals surface area contributed by atoms with Crippen molar-refractivity contribution in [3.63, 3.8) is 0 Å². The normalized spacial score (nSPS) is 22.5. The number of likely N-dealkylation sites (N-methyl/N-ethyl adjacent to an activating group) is 1. The van der Waals surface area contributed by atoms with Crippen molar-refractivity contribution in [2.75, 3.05) is 26.7 Å². The van der Waals surface area contributed by atoms with Crippen molar-refractivity contribution < 1.29 is 14.7 Å². The fraction of sp³-hybridized carbons (Fsp3) is 0.867. The molecule has 1 rings (SSSR count). The second-order valence-electron chi connectivity index (χ2n) is 6.96. The molecule has 1 aliphatic rings. The monoisotopic (exact) mass is 299 g/mol. The van der Waals surface area contributed by atoms with Crippen LogP contribution in [0.2, 0.25) is 0 Å². The van der Waals surface area contributed by atoms with Crippen LogP contribution in [0.15, 0.2) is 0 Å². The van der Waals surface area contributed by atoms with E-state index < -0.39 is 17.4 Å². The van der Waals surface area contributed by atoms with E-state index in [1.54, 1.807) is 4.90 Å². The van der Waals surface area contributed by atoms with Crippen LogP contribution in [0.5, 0.6) is 0 Å². The van der Waals surface area contributed by atoms with E-state index in [1.165, 1.54) is 0 Å². The van der Waals surface area contributed by atoms with Gasteiger partial charge >= 0.3 is 12.0 Å². The van der Waals surface area contributed by atoms with Gasteiger partial charge < -0.3 is 20.2 Å². The van der Waals surface area contributed by atoms with Crippen LogP contribution in [0, 0.1) is 5.41 Å². The Hall–Kier alpha value is -1.30. The van der Waals surface area contributed by atoms with Gasteiger partial charge in [0.1, 0.15) is 6.04 Å². The fourth-order valence-corrected chi connectivity index (χ4v) is 2.72. The number of nitrogens with one attached hydrogen (secondary N) is 1. The summed E-state index contributed by atoms with van der Waals surface area (Å²) >= 11 is 0. The third-order valence-corrected chi connectivity index (χ3v) is 4.01. The van der Waals surface area contributed by atoms with Crippen molar-refractivity contribution in [1.29, 1.82) is 0 Å². The molecule has 0 radical (unpaired) electrons. The van der Waals surface area contributed by atoms with Gasteiger partial charge in [-0.05, 0) is 31.8 Å². The number of hydrogen-bond acceptors (Lipinski definition) is 3. The molecule has 0 aliphatic carbocycles. The quantitative estimate of drug-likeness (QED) is 0.830. The standard InChI is InChI=1S/C15H29N3O3/c1-6-11-10-17(5)8-7-9-18(11)14(21)16-12(13(19)20)15(2,3)4/h11-12H,6-10H2,1-5H3,(H,16,21)(H,19,20). The predicted molar refractivity (Wildman–Crippen MR) is 82.3 cm³/mol. The summed E-state index contributed by atoms with van der Waals surface area (Å²) < 4.78 is 0. The Labute approximate surface area is 127 Å². The molecule has 6 nitrogen and oxygen atoms in total. The number of hydrogen-bond donors (Lipinski definition) is 2. The lowest BCUT2D eigenvalue weighted by atomic mass is 9.87. The first kappa shape index (κ1) is 17.8. The average molecular weight is 299 g/mol. The smallest absolute Gasteiger partial charge is 0.326 e. The summed E-state index contributed by atoms with van der Waals surface area (Å²) in [6.45, 7) is 9.98. The van der Waals surface area contributed by atoms with Crippen LogP contribution < -0.4 is 5.32 Å². The zero-order chi connectivity index (χ0) is 16.2. The Bertz CT molecular complexity index is 379. The van der Waals surface area contributed by atoms with Crippen LogP contribution in [0.4, 0.5) is 4.79 Å². The number of carbonyl (C=O) groups excluding carboxylic acids is 1. The number of carboxylic acids is 1. The summed E-state index contributed by atoms with van der Waals surface area (Å²) in [6.07, 6.45) is 1.78. The molecule has 0 aromatic heterocycles. The van der Waals surface area contributed by atoms with E-state index in [4.69, 9.17) is 0 Å². The van der Waals surface area contributed by atoms with Gasteiger partial charge in [0, 0.05) is 19.1 Å². The van der Waals surface area contributed by atoms with Crippen molar-refractivity contribution in [1.82, 2.24) is 15.1 Å². The molecule has 2 N–H and O–H groups in total. The molecule has 0 aromatic carbocycles. The van der Waals surface area contributed by atoms with Crippen molar-refractivity contribution in [3.8, 4) is 0 Å². The Kier molecular flexibility index (Phi) is 6.01. The van der Waals surface area contributed by atoms with Crippen molar-refractivity contribution in [3.05, 3.63) is 0 Å². The predicted octanol–water partition coefficient (Wildman–Crippen LogP) is 1.61. The number of carbonyl (C=O) groups is 2. The van der Waals surface area contributed by atoms with Crippen LogP contribution >= 0.6 is 0 Å². The number of rotatable bonds is 3. The third kappa shape index (κ3) is 4.88. The largest absolute Gasteiger partial charge is 0.480 e. The van der Waals surface area contributed by atoms with Crippen LogP contribution in [0.1, 0.15) is 40.5 Å². The molecule has 1 saturated heterocycles. The number of amides is 2. The number of carboxylic acid groups (broad SMARTS) is 1. The molecule has 0 spiro atoms. The molecule has 2 atom stereocenters. The number of aliphatic carboxylic acids is 1. The minimum absolute atomic E-state index is 0.131. The molecule has 0 aromatic rings. The summed E-state index contributed by atoms with van der Waals surface area (Å²) in [5, 5.41) is 12.0. The van der Waals surface area contributed by atoms with Crippen LogP contribution in [-0.4, -0.2) is 65.7 Å². The molecule has 0 saturated carbocycles. The highest BCUT2D eigenvalue weighted by atomic mass is 16.4. The van der Waals surface area contributed by atoms with Gasteiger partial charge in [0.25, 0.3) is 0 Å². The maximum Gasteiger partial charge on any atom is 0.326 e. The summed E-state index contributed by atoms with van der Waals surface area (Å²) in [4.78, 5) is 27.9. The van der Waals surface area contributed by atoms with Crippen LogP contribution in [0.3, 0.4) is 0 Å². The van der Waals surface area contributed by atoms with Crippen LogP contribution in [0.25, 0.3) is 0 Å². The maximum absolute atomic E-state index is 12.5. The molecule has 1 heterocycles. The highest BCUT2D eigenvalue weighted by Crippen LogP contribution is 2.20. The van der Waals surface area contributed by atoms with E-state index in [1.807, 2.05) is 20.8 Å². The second kappa shape index (κ2) is 7.11. The summed E-state index contributed by atoms with van der Waals surface area (Å²) in [5.41, 5.74) is -0.522. The fourth-order valence-electron chi connectivity index (χ4n) is 2.72. The molecule has 21 heavy (non-hydrogen) atoms. The molecule has 1 fully saturated rings. The Morgan fingerprint density at radius 1 is 1.33 bits per heavy atom. The van der Waals surface area contributed by atoms with Gasteiger partial charge in [0.2, 0.25) is 0 Å². The molecular weight excluding hydrogens is 270 g/mol. The minimum Gasteiger partial charge on any atom is -0.480 e.